The summed E-state index contributed by atoms with van der Waals surface area (Å²) in [5, 5.41) is 0.460. The minimum atomic E-state index is -3.70. The van der Waals surface area contributed by atoms with Gasteiger partial charge in [-0.05, 0) is 26.0 Å². The molecule has 1 aliphatic rings. The molecule has 1 fully saturated rings. The first kappa shape index (κ1) is 17.0. The fourth-order valence-corrected chi connectivity index (χ4v) is 4.93. The molecule has 5 nitrogen and oxygen atoms in total. The molecule has 0 radical (unpaired) electrons. The van der Waals surface area contributed by atoms with Gasteiger partial charge in [0.15, 0.2) is 0 Å². The lowest BCUT2D eigenvalue weighted by Crippen LogP contribution is -2.48. The van der Waals surface area contributed by atoms with Gasteiger partial charge in [0, 0.05) is 30.2 Å². The summed E-state index contributed by atoms with van der Waals surface area (Å²) in [5.41, 5.74) is 6.03. The highest BCUT2D eigenvalue weighted by Crippen LogP contribution is 2.33. The first-order valence-electron chi connectivity index (χ1n) is 6.60. The Labute approximate surface area is 135 Å². The third-order valence-corrected chi connectivity index (χ3v) is 6.13. The molecule has 0 amide bonds. The maximum Gasteiger partial charge on any atom is 0.244 e. The van der Waals surface area contributed by atoms with Gasteiger partial charge in [0.25, 0.3) is 0 Å². The van der Waals surface area contributed by atoms with Crippen LogP contribution in [0.3, 0.4) is 0 Å². The third-order valence-electron chi connectivity index (χ3n) is 3.36. The molecule has 1 aromatic rings. The smallest absolute Gasteiger partial charge is 0.244 e. The van der Waals surface area contributed by atoms with Crippen molar-refractivity contribution in [1.82, 2.24) is 4.31 Å². The Morgan fingerprint density at radius 3 is 2.38 bits per heavy atom. The van der Waals surface area contributed by atoms with Crippen LogP contribution in [0.2, 0.25) is 10.0 Å². The summed E-state index contributed by atoms with van der Waals surface area (Å²) >= 11 is 12.2. The molecular weight excluding hydrogens is 335 g/mol. The lowest BCUT2D eigenvalue weighted by Gasteiger charge is -2.34. The number of nitrogens with zero attached hydrogens (tertiary/aromatic N) is 1. The summed E-state index contributed by atoms with van der Waals surface area (Å²) in [5.74, 6) is 0. The van der Waals surface area contributed by atoms with Gasteiger partial charge in [-0.1, -0.05) is 23.2 Å². The summed E-state index contributed by atoms with van der Waals surface area (Å²) in [7, 11) is -3.70. The fourth-order valence-electron chi connectivity index (χ4n) is 2.43. The van der Waals surface area contributed by atoms with E-state index < -0.39 is 10.0 Å². The van der Waals surface area contributed by atoms with Gasteiger partial charge >= 0.3 is 0 Å². The fraction of sp³-hybridized carbons (Fsp3) is 0.538. The molecule has 0 aromatic heterocycles. The molecule has 118 valence electrons. The lowest BCUT2D eigenvalue weighted by molar-refractivity contribution is -0.0440. The molecule has 1 heterocycles. The van der Waals surface area contributed by atoms with Gasteiger partial charge in [0.2, 0.25) is 10.0 Å². The van der Waals surface area contributed by atoms with Crippen molar-refractivity contribution in [3.05, 3.63) is 27.7 Å². The molecule has 21 heavy (non-hydrogen) atoms. The van der Waals surface area contributed by atoms with Crippen molar-refractivity contribution in [2.75, 3.05) is 13.1 Å². The molecule has 2 atom stereocenters. The Kier molecular flexibility index (Phi) is 5.18. The predicted octanol–water partition coefficient (Wildman–Crippen LogP) is 2.25. The Hall–Kier alpha value is -0.370. The number of ether oxygens (including phenoxy) is 1. The maximum absolute atomic E-state index is 12.8. The summed E-state index contributed by atoms with van der Waals surface area (Å²) in [6.45, 7) is 4.35. The summed E-state index contributed by atoms with van der Waals surface area (Å²) in [4.78, 5) is 0.0373. The van der Waals surface area contributed by atoms with Crippen LogP contribution in [0.1, 0.15) is 19.4 Å². The second kappa shape index (κ2) is 6.40. The van der Waals surface area contributed by atoms with E-state index in [4.69, 9.17) is 33.7 Å². The highest BCUT2D eigenvalue weighted by molar-refractivity contribution is 7.89. The van der Waals surface area contributed by atoms with E-state index in [0.29, 0.717) is 23.7 Å². The maximum atomic E-state index is 12.8. The molecule has 0 spiro atoms. The second-order valence-corrected chi connectivity index (χ2v) is 7.81. The largest absolute Gasteiger partial charge is 0.373 e. The molecule has 1 aromatic carbocycles. The van der Waals surface area contributed by atoms with Crippen molar-refractivity contribution in [3.63, 3.8) is 0 Å². The summed E-state index contributed by atoms with van der Waals surface area (Å²) in [6.07, 6.45) is -0.327. The van der Waals surface area contributed by atoms with E-state index in [1.165, 1.54) is 16.4 Å². The van der Waals surface area contributed by atoms with Crippen molar-refractivity contribution in [2.24, 2.45) is 5.73 Å². The van der Waals surface area contributed by atoms with Crippen LogP contribution in [0.4, 0.5) is 0 Å². The molecule has 0 aliphatic carbocycles. The average Bonchev–Trinajstić information content (AvgIpc) is 2.37. The minimum Gasteiger partial charge on any atom is -0.373 e. The highest BCUT2D eigenvalue weighted by atomic mass is 35.5. The number of nitrogens with two attached hydrogens (primary N) is 1. The zero-order valence-electron chi connectivity index (χ0n) is 11.8. The molecule has 2 rings (SSSR count). The molecule has 8 heteroatoms. The second-order valence-electron chi connectivity index (χ2n) is 5.12. The van der Waals surface area contributed by atoms with Gasteiger partial charge in [0.05, 0.1) is 17.2 Å². The standard InChI is InChI=1S/C13H18Cl2N2O3S/c1-8-6-17(7-9(2)20-8)21(18,19)12-4-3-11(14)10(5-16)13(12)15/h3-4,8-9H,5-7,16H2,1-2H3/t8-,9+. The summed E-state index contributed by atoms with van der Waals surface area (Å²) in [6, 6.07) is 2.93. The van der Waals surface area contributed by atoms with Crippen LogP contribution in [0, 0.1) is 0 Å². The highest BCUT2D eigenvalue weighted by Gasteiger charge is 2.34. The normalized spacial score (nSPS) is 24.2. The first-order chi connectivity index (χ1) is 9.77. The van der Waals surface area contributed by atoms with Gasteiger partial charge in [-0.2, -0.15) is 4.31 Å². The monoisotopic (exact) mass is 352 g/mol. The van der Waals surface area contributed by atoms with E-state index in [1.807, 2.05) is 13.8 Å². The SMILES string of the molecule is C[C@@H]1CN(S(=O)(=O)c2ccc(Cl)c(CN)c2Cl)C[C@H](C)O1. The van der Waals surface area contributed by atoms with E-state index in [-0.39, 0.29) is 28.7 Å². The Balaban J connectivity index is 2.45. The molecule has 1 aliphatic heterocycles. The molecule has 0 bridgehead atoms. The van der Waals surface area contributed by atoms with Gasteiger partial charge in [-0.3, -0.25) is 0 Å². The lowest BCUT2D eigenvalue weighted by atomic mass is 10.2. The van der Waals surface area contributed by atoms with Crippen LogP contribution >= 0.6 is 23.2 Å². The zero-order chi connectivity index (χ0) is 15.8. The van der Waals surface area contributed by atoms with Crippen molar-refractivity contribution in [1.29, 1.82) is 0 Å². The molecule has 0 unspecified atom stereocenters. The molecule has 1 saturated heterocycles. The number of rotatable bonds is 3. The molecule has 0 saturated carbocycles. The Morgan fingerprint density at radius 2 is 1.86 bits per heavy atom. The van der Waals surface area contributed by atoms with Crippen molar-refractivity contribution < 1.29 is 13.2 Å². The number of hydrogen-bond acceptors (Lipinski definition) is 4. The molecular formula is C13H18Cl2N2O3S. The Morgan fingerprint density at radius 1 is 1.29 bits per heavy atom. The van der Waals surface area contributed by atoms with Crippen molar-refractivity contribution in [2.45, 2.75) is 37.5 Å². The average molecular weight is 353 g/mol. The van der Waals surface area contributed by atoms with E-state index >= 15 is 0 Å². The van der Waals surface area contributed by atoms with Crippen LogP contribution in [0.5, 0.6) is 0 Å². The van der Waals surface area contributed by atoms with Gasteiger partial charge < -0.3 is 10.5 Å². The van der Waals surface area contributed by atoms with Crippen LogP contribution in [-0.2, 0) is 21.3 Å². The number of benzene rings is 1. The van der Waals surface area contributed by atoms with Gasteiger partial charge in [-0.15, -0.1) is 0 Å². The van der Waals surface area contributed by atoms with Crippen molar-refractivity contribution in [3.8, 4) is 0 Å². The summed E-state index contributed by atoms with van der Waals surface area (Å²) < 4.78 is 32.5. The first-order valence-corrected chi connectivity index (χ1v) is 8.79. The van der Waals surface area contributed by atoms with E-state index in [9.17, 15) is 8.42 Å². The number of morpholine rings is 1. The van der Waals surface area contributed by atoms with Crippen LogP contribution in [0.15, 0.2) is 17.0 Å². The van der Waals surface area contributed by atoms with Gasteiger partial charge in [0.1, 0.15) is 4.90 Å². The predicted molar refractivity (Wildman–Crippen MR) is 83.1 cm³/mol. The van der Waals surface area contributed by atoms with E-state index in [0.717, 1.165) is 0 Å². The Bertz CT molecular complexity index is 627. The quantitative estimate of drug-likeness (QED) is 0.905. The van der Waals surface area contributed by atoms with Crippen LogP contribution in [0.25, 0.3) is 0 Å². The minimum absolute atomic E-state index is 0.0373. The number of sulfonamides is 1. The molecule has 2 N–H and O–H groups in total. The number of hydrogen-bond donors (Lipinski definition) is 1. The van der Waals surface area contributed by atoms with E-state index in [1.54, 1.807) is 0 Å². The number of halogens is 2. The van der Waals surface area contributed by atoms with Gasteiger partial charge in [-0.25, -0.2) is 8.42 Å². The van der Waals surface area contributed by atoms with Crippen LogP contribution < -0.4 is 5.73 Å². The topological polar surface area (TPSA) is 72.6 Å². The van der Waals surface area contributed by atoms with E-state index in [2.05, 4.69) is 0 Å². The van der Waals surface area contributed by atoms with Crippen molar-refractivity contribution >= 4 is 33.2 Å². The third kappa shape index (κ3) is 3.36. The zero-order valence-corrected chi connectivity index (χ0v) is 14.2. The van der Waals surface area contributed by atoms with Crippen LogP contribution in [-0.4, -0.2) is 38.0 Å².